The summed E-state index contributed by atoms with van der Waals surface area (Å²) >= 11 is 0. The summed E-state index contributed by atoms with van der Waals surface area (Å²) in [6, 6.07) is 0. The van der Waals surface area contributed by atoms with Crippen LogP contribution in [0.4, 0.5) is 0 Å². The Hall–Kier alpha value is -0.610. The average molecular weight is 254 g/mol. The fourth-order valence-corrected chi connectivity index (χ4v) is 3.17. The number of carbonyl (C=O) groups excluding carboxylic acids is 1. The molecule has 0 bridgehead atoms. The van der Waals surface area contributed by atoms with Gasteiger partial charge in [0.25, 0.3) is 0 Å². The minimum Gasteiger partial charge on any atom is -0.393 e. The van der Waals surface area contributed by atoms with Gasteiger partial charge in [-0.1, -0.05) is 6.42 Å². The van der Waals surface area contributed by atoms with E-state index in [0.717, 1.165) is 51.7 Å². The Balaban J connectivity index is 1.72. The zero-order chi connectivity index (χ0) is 13.0. The third kappa shape index (κ3) is 3.69. The van der Waals surface area contributed by atoms with E-state index in [-0.39, 0.29) is 12.0 Å². The van der Waals surface area contributed by atoms with Gasteiger partial charge in [0.2, 0.25) is 5.91 Å². The topological polar surface area (TPSA) is 43.8 Å². The van der Waals surface area contributed by atoms with Crippen LogP contribution in [0.15, 0.2) is 0 Å². The van der Waals surface area contributed by atoms with Crippen molar-refractivity contribution >= 4 is 5.91 Å². The SMILES string of the molecule is CN(CC(=O)N1CCCCC1)CC1CCCC1O. The molecule has 0 radical (unpaired) electrons. The molecule has 0 aromatic heterocycles. The molecule has 4 heteroatoms. The van der Waals surface area contributed by atoms with Gasteiger partial charge in [0, 0.05) is 19.6 Å². The van der Waals surface area contributed by atoms with E-state index in [9.17, 15) is 9.90 Å². The van der Waals surface area contributed by atoms with E-state index in [2.05, 4.69) is 4.90 Å². The van der Waals surface area contributed by atoms with Crippen molar-refractivity contribution in [2.75, 3.05) is 33.2 Å². The Labute approximate surface area is 110 Å². The summed E-state index contributed by atoms with van der Waals surface area (Å²) in [6.07, 6.45) is 6.56. The van der Waals surface area contributed by atoms with Crippen LogP contribution >= 0.6 is 0 Å². The smallest absolute Gasteiger partial charge is 0.236 e. The second-order valence-electron chi connectivity index (χ2n) is 5.90. The first-order chi connectivity index (χ1) is 8.66. The normalized spacial score (nSPS) is 28.9. The van der Waals surface area contributed by atoms with Crippen LogP contribution in [0.3, 0.4) is 0 Å². The molecule has 1 aliphatic heterocycles. The first kappa shape index (κ1) is 13.8. The molecule has 104 valence electrons. The number of aliphatic hydroxyl groups is 1. The van der Waals surface area contributed by atoms with Crippen LogP contribution in [-0.4, -0.2) is 60.1 Å². The molecule has 1 N–H and O–H groups in total. The zero-order valence-electron chi connectivity index (χ0n) is 11.5. The van der Waals surface area contributed by atoms with Crippen LogP contribution in [0.5, 0.6) is 0 Å². The molecule has 1 amide bonds. The van der Waals surface area contributed by atoms with Crippen LogP contribution < -0.4 is 0 Å². The van der Waals surface area contributed by atoms with Gasteiger partial charge in [-0.15, -0.1) is 0 Å². The first-order valence-corrected chi connectivity index (χ1v) is 7.31. The minimum atomic E-state index is -0.155. The molecule has 2 rings (SSSR count). The summed E-state index contributed by atoms with van der Waals surface area (Å²) in [7, 11) is 1.99. The average Bonchev–Trinajstić information content (AvgIpc) is 2.76. The van der Waals surface area contributed by atoms with E-state index in [1.807, 2.05) is 11.9 Å². The van der Waals surface area contributed by atoms with Gasteiger partial charge in [-0.05, 0) is 45.1 Å². The van der Waals surface area contributed by atoms with E-state index >= 15 is 0 Å². The fraction of sp³-hybridized carbons (Fsp3) is 0.929. The van der Waals surface area contributed by atoms with E-state index < -0.39 is 0 Å². The molecule has 2 atom stereocenters. The Kier molecular flexibility index (Phi) is 5.01. The van der Waals surface area contributed by atoms with Gasteiger partial charge in [-0.2, -0.15) is 0 Å². The molecule has 4 nitrogen and oxygen atoms in total. The van der Waals surface area contributed by atoms with Crippen molar-refractivity contribution < 1.29 is 9.90 Å². The Morgan fingerprint density at radius 2 is 1.94 bits per heavy atom. The quantitative estimate of drug-likeness (QED) is 0.817. The Bertz CT molecular complexity index is 277. The molecule has 2 unspecified atom stereocenters. The maximum absolute atomic E-state index is 12.1. The van der Waals surface area contributed by atoms with E-state index in [0.29, 0.717) is 12.5 Å². The molecule has 1 saturated heterocycles. The lowest BCUT2D eigenvalue weighted by Gasteiger charge is -2.29. The van der Waals surface area contributed by atoms with Crippen molar-refractivity contribution in [3.8, 4) is 0 Å². The molecule has 18 heavy (non-hydrogen) atoms. The lowest BCUT2D eigenvalue weighted by atomic mass is 10.1. The number of piperidine rings is 1. The minimum absolute atomic E-state index is 0.155. The predicted octanol–water partition coefficient (Wildman–Crippen LogP) is 1.09. The summed E-state index contributed by atoms with van der Waals surface area (Å²) in [5, 5.41) is 9.80. The highest BCUT2D eigenvalue weighted by molar-refractivity contribution is 5.78. The van der Waals surface area contributed by atoms with Gasteiger partial charge in [0.05, 0.1) is 12.6 Å². The largest absolute Gasteiger partial charge is 0.393 e. The zero-order valence-corrected chi connectivity index (χ0v) is 11.5. The third-order valence-corrected chi connectivity index (χ3v) is 4.28. The number of aliphatic hydroxyl groups excluding tert-OH is 1. The maximum atomic E-state index is 12.1. The summed E-state index contributed by atoms with van der Waals surface area (Å²) < 4.78 is 0. The number of nitrogens with zero attached hydrogens (tertiary/aromatic N) is 2. The Morgan fingerprint density at radius 3 is 2.56 bits per heavy atom. The second-order valence-corrected chi connectivity index (χ2v) is 5.90. The van der Waals surface area contributed by atoms with Gasteiger partial charge in [0.1, 0.15) is 0 Å². The van der Waals surface area contributed by atoms with Gasteiger partial charge in [0.15, 0.2) is 0 Å². The van der Waals surface area contributed by atoms with Gasteiger partial charge in [-0.25, -0.2) is 0 Å². The van der Waals surface area contributed by atoms with Crippen LogP contribution in [0, 0.1) is 5.92 Å². The van der Waals surface area contributed by atoms with Crippen molar-refractivity contribution in [2.45, 2.75) is 44.6 Å². The number of rotatable bonds is 4. The highest BCUT2D eigenvalue weighted by Gasteiger charge is 2.27. The fourth-order valence-electron chi connectivity index (χ4n) is 3.17. The summed E-state index contributed by atoms with van der Waals surface area (Å²) in [5.74, 6) is 0.619. The number of likely N-dealkylation sites (N-methyl/N-ethyl adjacent to an activating group) is 1. The maximum Gasteiger partial charge on any atom is 0.236 e. The monoisotopic (exact) mass is 254 g/mol. The molecule has 1 aliphatic carbocycles. The number of carbonyl (C=O) groups is 1. The Morgan fingerprint density at radius 1 is 1.22 bits per heavy atom. The first-order valence-electron chi connectivity index (χ1n) is 7.31. The van der Waals surface area contributed by atoms with Crippen molar-refractivity contribution in [2.24, 2.45) is 5.92 Å². The summed E-state index contributed by atoms with van der Waals surface area (Å²) in [5.41, 5.74) is 0. The van der Waals surface area contributed by atoms with Gasteiger partial charge in [-0.3, -0.25) is 9.69 Å². The lowest BCUT2D eigenvalue weighted by molar-refractivity contribution is -0.133. The van der Waals surface area contributed by atoms with Crippen LogP contribution in [0.2, 0.25) is 0 Å². The highest BCUT2D eigenvalue weighted by Crippen LogP contribution is 2.25. The number of amides is 1. The van der Waals surface area contributed by atoms with Crippen molar-refractivity contribution in [1.29, 1.82) is 0 Å². The molecule has 0 spiro atoms. The molecule has 0 aromatic carbocycles. The summed E-state index contributed by atoms with van der Waals surface area (Å²) in [6.45, 7) is 3.21. The van der Waals surface area contributed by atoms with E-state index in [1.165, 1.54) is 6.42 Å². The highest BCUT2D eigenvalue weighted by atomic mass is 16.3. The number of likely N-dealkylation sites (tertiary alicyclic amines) is 1. The molecular formula is C14H26N2O2. The van der Waals surface area contributed by atoms with Crippen LogP contribution in [-0.2, 0) is 4.79 Å². The van der Waals surface area contributed by atoms with Crippen LogP contribution in [0.25, 0.3) is 0 Å². The number of hydrogen-bond acceptors (Lipinski definition) is 3. The number of hydrogen-bond donors (Lipinski definition) is 1. The molecule has 0 aromatic rings. The summed E-state index contributed by atoms with van der Waals surface area (Å²) in [4.78, 5) is 16.2. The molecule has 2 fully saturated rings. The van der Waals surface area contributed by atoms with Crippen molar-refractivity contribution in [1.82, 2.24) is 9.80 Å². The van der Waals surface area contributed by atoms with Crippen LogP contribution in [0.1, 0.15) is 38.5 Å². The lowest BCUT2D eigenvalue weighted by Crippen LogP contribution is -2.43. The standard InChI is InChI=1S/C14H26N2O2/c1-15(10-12-6-5-7-13(12)17)11-14(18)16-8-3-2-4-9-16/h12-13,17H,2-11H2,1H3. The molecule has 2 aliphatic rings. The second kappa shape index (κ2) is 6.53. The van der Waals surface area contributed by atoms with Crippen molar-refractivity contribution in [3.63, 3.8) is 0 Å². The van der Waals surface area contributed by atoms with E-state index in [4.69, 9.17) is 0 Å². The van der Waals surface area contributed by atoms with E-state index in [1.54, 1.807) is 0 Å². The van der Waals surface area contributed by atoms with Gasteiger partial charge >= 0.3 is 0 Å². The molecular weight excluding hydrogens is 228 g/mol. The van der Waals surface area contributed by atoms with Gasteiger partial charge < -0.3 is 10.0 Å². The molecule has 1 heterocycles. The van der Waals surface area contributed by atoms with Crippen molar-refractivity contribution in [3.05, 3.63) is 0 Å². The predicted molar refractivity (Wildman–Crippen MR) is 71.3 cm³/mol. The third-order valence-electron chi connectivity index (χ3n) is 4.28. The molecule has 1 saturated carbocycles.